The van der Waals surface area contributed by atoms with E-state index < -0.39 is 11.4 Å². The monoisotopic (exact) mass is 332 g/mol. The second-order valence-corrected chi connectivity index (χ2v) is 7.20. The van der Waals surface area contributed by atoms with Crippen molar-refractivity contribution in [2.45, 2.75) is 34.3 Å². The number of amides is 1. The van der Waals surface area contributed by atoms with Crippen molar-refractivity contribution in [1.29, 1.82) is 0 Å². The van der Waals surface area contributed by atoms with Gasteiger partial charge in [-0.05, 0) is 12.5 Å². The van der Waals surface area contributed by atoms with Crippen LogP contribution in [0.3, 0.4) is 0 Å². The highest BCUT2D eigenvalue weighted by atomic mass is 32.1. The second kappa shape index (κ2) is 6.91. The van der Waals surface area contributed by atoms with Crippen LogP contribution in [0.15, 0.2) is 30.3 Å². The molecule has 0 aliphatic carbocycles. The molecule has 2 aromatic rings. The van der Waals surface area contributed by atoms with E-state index in [-0.39, 0.29) is 12.5 Å². The first kappa shape index (κ1) is 17.1. The maximum atomic E-state index is 12.2. The van der Waals surface area contributed by atoms with Crippen molar-refractivity contribution in [3.63, 3.8) is 0 Å². The number of aromatic nitrogens is 1. The Morgan fingerprint density at radius 2 is 1.87 bits per heavy atom. The minimum absolute atomic E-state index is 0.143. The average Bonchev–Trinajstić information content (AvgIpc) is 2.85. The minimum Gasteiger partial charge on any atom is -0.457 e. The van der Waals surface area contributed by atoms with Crippen molar-refractivity contribution in [3.05, 3.63) is 46.5 Å². The van der Waals surface area contributed by atoms with Crippen molar-refractivity contribution in [3.8, 4) is 0 Å². The number of rotatable bonds is 4. The molecule has 2 rings (SSSR count). The Morgan fingerprint density at radius 1 is 1.22 bits per heavy atom. The fourth-order valence-corrected chi connectivity index (χ4v) is 2.57. The zero-order valence-corrected chi connectivity index (χ0v) is 14.5. The van der Waals surface area contributed by atoms with Crippen molar-refractivity contribution in [1.82, 2.24) is 4.98 Å². The molecule has 0 atom stereocenters. The lowest BCUT2D eigenvalue weighted by molar-refractivity contribution is -0.123. The highest BCUT2D eigenvalue weighted by molar-refractivity contribution is 7.17. The summed E-state index contributed by atoms with van der Waals surface area (Å²) in [5, 5.41) is 3.14. The molecule has 23 heavy (non-hydrogen) atoms. The van der Waals surface area contributed by atoms with Gasteiger partial charge >= 0.3 is 5.97 Å². The number of thiazole rings is 1. The van der Waals surface area contributed by atoms with Gasteiger partial charge in [-0.25, -0.2) is 9.78 Å². The molecule has 0 fully saturated rings. The van der Waals surface area contributed by atoms with Gasteiger partial charge in [0.15, 0.2) is 5.13 Å². The van der Waals surface area contributed by atoms with E-state index in [4.69, 9.17) is 4.74 Å². The number of aryl methyl sites for hydroxylation is 1. The Balaban J connectivity index is 2.02. The lowest BCUT2D eigenvalue weighted by Gasteiger charge is -2.15. The summed E-state index contributed by atoms with van der Waals surface area (Å²) in [7, 11) is 0. The van der Waals surface area contributed by atoms with Gasteiger partial charge in [-0.3, -0.25) is 4.79 Å². The predicted molar refractivity (Wildman–Crippen MR) is 90.5 cm³/mol. The van der Waals surface area contributed by atoms with Gasteiger partial charge in [0, 0.05) is 5.41 Å². The van der Waals surface area contributed by atoms with Gasteiger partial charge in [-0.2, -0.15) is 0 Å². The zero-order chi connectivity index (χ0) is 17.0. The van der Waals surface area contributed by atoms with Crippen LogP contribution < -0.4 is 5.32 Å². The maximum absolute atomic E-state index is 12.2. The molecule has 0 aliphatic heterocycles. The van der Waals surface area contributed by atoms with E-state index >= 15 is 0 Å². The van der Waals surface area contributed by atoms with E-state index in [2.05, 4.69) is 10.3 Å². The topological polar surface area (TPSA) is 68.3 Å². The quantitative estimate of drug-likeness (QED) is 0.865. The fraction of sp³-hybridized carbons (Fsp3) is 0.353. The average molecular weight is 332 g/mol. The second-order valence-electron chi connectivity index (χ2n) is 6.20. The zero-order valence-electron chi connectivity index (χ0n) is 13.7. The van der Waals surface area contributed by atoms with Crippen LogP contribution in [0.4, 0.5) is 5.13 Å². The van der Waals surface area contributed by atoms with Gasteiger partial charge < -0.3 is 10.1 Å². The van der Waals surface area contributed by atoms with Gasteiger partial charge in [0.1, 0.15) is 11.5 Å². The molecule has 0 spiro atoms. The Hall–Kier alpha value is -2.21. The molecule has 1 amide bonds. The normalized spacial score (nSPS) is 11.1. The highest BCUT2D eigenvalue weighted by Crippen LogP contribution is 2.25. The first-order valence-corrected chi connectivity index (χ1v) is 8.09. The molecule has 1 aromatic carbocycles. The van der Waals surface area contributed by atoms with Crippen LogP contribution in [0.1, 0.15) is 41.7 Å². The Bertz CT molecular complexity index is 702. The summed E-state index contributed by atoms with van der Waals surface area (Å²) >= 11 is 1.13. The van der Waals surface area contributed by atoms with Gasteiger partial charge in [-0.1, -0.05) is 62.4 Å². The van der Waals surface area contributed by atoms with Crippen molar-refractivity contribution in [2.75, 3.05) is 5.32 Å². The largest absolute Gasteiger partial charge is 0.457 e. The predicted octanol–water partition coefficient (Wildman–Crippen LogP) is 3.79. The van der Waals surface area contributed by atoms with E-state index in [9.17, 15) is 9.59 Å². The lowest BCUT2D eigenvalue weighted by atomic mass is 9.96. The van der Waals surface area contributed by atoms with Crippen LogP contribution in [-0.4, -0.2) is 16.9 Å². The fourth-order valence-electron chi connectivity index (χ4n) is 1.71. The summed E-state index contributed by atoms with van der Waals surface area (Å²) in [6.45, 7) is 7.39. The summed E-state index contributed by atoms with van der Waals surface area (Å²) in [6.07, 6.45) is 0. The lowest BCUT2D eigenvalue weighted by Crippen LogP contribution is -2.27. The van der Waals surface area contributed by atoms with Crippen LogP contribution >= 0.6 is 11.3 Å². The number of benzene rings is 1. The SMILES string of the molecule is Cc1nc(NC(=O)C(C)(C)C)sc1C(=O)OCc1ccccc1. The number of nitrogens with zero attached hydrogens (tertiary/aromatic N) is 1. The van der Waals surface area contributed by atoms with E-state index in [1.54, 1.807) is 6.92 Å². The molecule has 6 heteroatoms. The molecular formula is C17H20N2O3S. The van der Waals surface area contributed by atoms with Crippen LogP contribution in [-0.2, 0) is 16.1 Å². The van der Waals surface area contributed by atoms with Gasteiger partial charge in [0.25, 0.3) is 0 Å². The Labute approximate surface area is 139 Å². The van der Waals surface area contributed by atoms with Crippen LogP contribution in [0.25, 0.3) is 0 Å². The smallest absolute Gasteiger partial charge is 0.350 e. The van der Waals surface area contributed by atoms with E-state index in [1.807, 2.05) is 51.1 Å². The summed E-state index contributed by atoms with van der Waals surface area (Å²) in [5.74, 6) is -0.574. The summed E-state index contributed by atoms with van der Waals surface area (Å²) in [4.78, 5) is 28.8. The highest BCUT2D eigenvalue weighted by Gasteiger charge is 2.24. The molecule has 122 valence electrons. The molecule has 5 nitrogen and oxygen atoms in total. The summed E-state index contributed by atoms with van der Waals surface area (Å²) < 4.78 is 5.30. The van der Waals surface area contributed by atoms with E-state index in [1.165, 1.54) is 0 Å². The molecule has 0 saturated carbocycles. The van der Waals surface area contributed by atoms with E-state index in [0.29, 0.717) is 15.7 Å². The maximum Gasteiger partial charge on any atom is 0.350 e. The van der Waals surface area contributed by atoms with Crippen LogP contribution in [0.5, 0.6) is 0 Å². The number of carbonyl (C=O) groups excluding carboxylic acids is 2. The molecule has 1 heterocycles. The molecule has 0 bridgehead atoms. The molecule has 1 aromatic heterocycles. The third-order valence-electron chi connectivity index (χ3n) is 3.10. The molecule has 0 aliphatic rings. The number of anilines is 1. The minimum atomic E-state index is -0.520. The van der Waals surface area contributed by atoms with Crippen LogP contribution in [0.2, 0.25) is 0 Å². The Morgan fingerprint density at radius 3 is 2.48 bits per heavy atom. The van der Waals surface area contributed by atoms with Gasteiger partial charge in [0.05, 0.1) is 5.69 Å². The van der Waals surface area contributed by atoms with Gasteiger partial charge in [0.2, 0.25) is 5.91 Å². The number of carbonyl (C=O) groups is 2. The van der Waals surface area contributed by atoms with Crippen molar-refractivity contribution < 1.29 is 14.3 Å². The third-order valence-corrected chi connectivity index (χ3v) is 4.15. The number of ether oxygens (including phenoxy) is 1. The number of nitrogens with one attached hydrogen (secondary N) is 1. The Kier molecular flexibility index (Phi) is 5.15. The first-order valence-electron chi connectivity index (χ1n) is 7.27. The molecule has 0 saturated heterocycles. The number of hydrogen-bond donors (Lipinski definition) is 1. The molecule has 0 unspecified atom stereocenters. The third kappa shape index (κ3) is 4.63. The summed E-state index contributed by atoms with van der Waals surface area (Å²) in [6, 6.07) is 9.47. The number of esters is 1. The van der Waals surface area contributed by atoms with Crippen molar-refractivity contribution >= 4 is 28.3 Å². The van der Waals surface area contributed by atoms with Gasteiger partial charge in [-0.15, -0.1) is 0 Å². The molecule has 1 N–H and O–H groups in total. The first-order chi connectivity index (χ1) is 10.8. The van der Waals surface area contributed by atoms with Crippen molar-refractivity contribution in [2.24, 2.45) is 5.41 Å². The van der Waals surface area contributed by atoms with E-state index in [0.717, 1.165) is 16.9 Å². The molecule has 0 radical (unpaired) electrons. The van der Waals surface area contributed by atoms with Crippen LogP contribution in [0, 0.1) is 12.3 Å². The standard InChI is InChI=1S/C17H20N2O3S/c1-11-13(14(20)22-10-12-8-6-5-7-9-12)23-16(18-11)19-15(21)17(2,3)4/h5-9H,10H2,1-4H3,(H,18,19,21). The molecular weight excluding hydrogens is 312 g/mol. The number of hydrogen-bond acceptors (Lipinski definition) is 5. The summed E-state index contributed by atoms with van der Waals surface area (Å²) in [5.41, 5.74) is 0.953.